The normalized spacial score (nSPS) is 15.4. The van der Waals surface area contributed by atoms with Crippen molar-refractivity contribution in [2.24, 2.45) is 0 Å². The molecular formula is C3H6Cl2O3S. The third-order valence-electron chi connectivity index (χ3n) is 0.559. The smallest absolute Gasteiger partial charge is 0.266 e. The molecule has 0 amide bonds. The van der Waals surface area contributed by atoms with Gasteiger partial charge in [0.25, 0.3) is 10.1 Å². The van der Waals surface area contributed by atoms with E-state index < -0.39 is 21.2 Å². The zero-order valence-corrected chi connectivity index (χ0v) is 6.75. The zero-order chi connectivity index (χ0) is 7.49. The highest BCUT2D eigenvalue weighted by atomic mass is 35.5. The van der Waals surface area contributed by atoms with Gasteiger partial charge in [-0.1, -0.05) is 0 Å². The van der Waals surface area contributed by atoms with Gasteiger partial charge in [-0.15, -0.1) is 23.2 Å². The SMILES string of the molecule is O=S(=O)(O)CC(Cl)CCl. The van der Waals surface area contributed by atoms with Crippen LogP contribution in [-0.2, 0) is 10.1 Å². The third-order valence-corrected chi connectivity index (χ3v) is 2.40. The van der Waals surface area contributed by atoms with Crippen molar-refractivity contribution in [1.29, 1.82) is 0 Å². The molecule has 1 atom stereocenters. The Morgan fingerprint density at radius 2 is 2.00 bits per heavy atom. The molecule has 0 aromatic rings. The molecule has 0 saturated carbocycles. The first kappa shape index (κ1) is 9.49. The fourth-order valence-corrected chi connectivity index (χ4v) is 1.56. The highest BCUT2D eigenvalue weighted by molar-refractivity contribution is 7.85. The summed E-state index contributed by atoms with van der Waals surface area (Å²) in [5.74, 6) is -0.473. The summed E-state index contributed by atoms with van der Waals surface area (Å²) in [6.07, 6.45) is 0. The zero-order valence-electron chi connectivity index (χ0n) is 4.42. The average molecular weight is 193 g/mol. The average Bonchev–Trinajstić information content (AvgIpc) is 1.62. The van der Waals surface area contributed by atoms with Crippen LogP contribution in [0.5, 0.6) is 0 Å². The Hall–Kier alpha value is 0.490. The molecule has 0 heterocycles. The van der Waals surface area contributed by atoms with Crippen molar-refractivity contribution in [2.75, 3.05) is 11.6 Å². The summed E-state index contributed by atoms with van der Waals surface area (Å²) >= 11 is 10.4. The van der Waals surface area contributed by atoms with Crippen LogP contribution < -0.4 is 0 Å². The van der Waals surface area contributed by atoms with E-state index in [2.05, 4.69) is 0 Å². The molecule has 0 bridgehead atoms. The van der Waals surface area contributed by atoms with Gasteiger partial charge in [0, 0.05) is 5.88 Å². The van der Waals surface area contributed by atoms with Gasteiger partial charge in [-0.3, -0.25) is 4.55 Å². The van der Waals surface area contributed by atoms with Crippen LogP contribution in [-0.4, -0.2) is 30.0 Å². The molecule has 56 valence electrons. The summed E-state index contributed by atoms with van der Waals surface area (Å²) in [5, 5.41) is -0.707. The monoisotopic (exact) mass is 192 g/mol. The van der Waals surface area contributed by atoms with Crippen LogP contribution in [0.4, 0.5) is 0 Å². The van der Waals surface area contributed by atoms with Crippen molar-refractivity contribution in [2.45, 2.75) is 5.38 Å². The van der Waals surface area contributed by atoms with E-state index >= 15 is 0 Å². The maximum absolute atomic E-state index is 10.0. The lowest BCUT2D eigenvalue weighted by molar-refractivity contribution is 0.482. The second kappa shape index (κ2) is 3.61. The van der Waals surface area contributed by atoms with E-state index in [1.54, 1.807) is 0 Å². The van der Waals surface area contributed by atoms with Gasteiger partial charge < -0.3 is 0 Å². The molecule has 0 aliphatic heterocycles. The van der Waals surface area contributed by atoms with Crippen LogP contribution in [0.1, 0.15) is 0 Å². The second-order valence-electron chi connectivity index (χ2n) is 1.50. The quantitative estimate of drug-likeness (QED) is 0.530. The summed E-state index contributed by atoms with van der Waals surface area (Å²) in [6, 6.07) is 0. The Morgan fingerprint density at radius 1 is 1.56 bits per heavy atom. The number of hydrogen-bond acceptors (Lipinski definition) is 2. The Bertz CT molecular complexity index is 164. The van der Waals surface area contributed by atoms with Crippen molar-refractivity contribution >= 4 is 33.3 Å². The van der Waals surface area contributed by atoms with Gasteiger partial charge in [-0.05, 0) is 0 Å². The Kier molecular flexibility index (Phi) is 3.80. The molecule has 3 nitrogen and oxygen atoms in total. The summed E-state index contributed by atoms with van der Waals surface area (Å²) in [6.45, 7) is 0. The van der Waals surface area contributed by atoms with Crippen LogP contribution in [0.2, 0.25) is 0 Å². The number of halogens is 2. The van der Waals surface area contributed by atoms with Gasteiger partial charge in [0.05, 0.1) is 11.1 Å². The molecule has 0 saturated heterocycles. The molecule has 0 fully saturated rings. The molecule has 0 aliphatic rings. The van der Waals surface area contributed by atoms with Crippen LogP contribution >= 0.6 is 23.2 Å². The molecular weight excluding hydrogens is 187 g/mol. The fraction of sp³-hybridized carbons (Fsp3) is 1.00. The van der Waals surface area contributed by atoms with Gasteiger partial charge in [0.15, 0.2) is 0 Å². The highest BCUT2D eigenvalue weighted by Gasteiger charge is 2.12. The summed E-state index contributed by atoms with van der Waals surface area (Å²) in [7, 11) is -3.95. The predicted octanol–water partition coefficient (Wildman–Crippen LogP) is 0.720. The molecule has 0 aromatic carbocycles. The van der Waals surface area contributed by atoms with Gasteiger partial charge in [-0.2, -0.15) is 8.42 Å². The first-order valence-electron chi connectivity index (χ1n) is 2.11. The third kappa shape index (κ3) is 6.37. The van der Waals surface area contributed by atoms with Crippen molar-refractivity contribution in [3.05, 3.63) is 0 Å². The van der Waals surface area contributed by atoms with Crippen molar-refractivity contribution in [3.8, 4) is 0 Å². The minimum Gasteiger partial charge on any atom is -0.286 e. The fourth-order valence-electron chi connectivity index (χ4n) is 0.273. The lowest BCUT2D eigenvalue weighted by atomic mass is 10.6. The van der Waals surface area contributed by atoms with Crippen molar-refractivity contribution in [3.63, 3.8) is 0 Å². The molecule has 0 spiro atoms. The molecule has 0 aliphatic carbocycles. The largest absolute Gasteiger partial charge is 0.286 e. The van der Waals surface area contributed by atoms with Crippen LogP contribution in [0.15, 0.2) is 0 Å². The molecule has 0 radical (unpaired) electrons. The van der Waals surface area contributed by atoms with E-state index in [0.29, 0.717) is 0 Å². The van der Waals surface area contributed by atoms with E-state index in [-0.39, 0.29) is 5.88 Å². The van der Waals surface area contributed by atoms with E-state index in [1.165, 1.54) is 0 Å². The van der Waals surface area contributed by atoms with Gasteiger partial charge in [0.1, 0.15) is 0 Å². The second-order valence-corrected chi connectivity index (χ2v) is 3.92. The minimum absolute atomic E-state index is 0.0152. The first-order chi connectivity index (χ1) is 3.95. The Balaban J connectivity index is 3.75. The molecule has 6 heteroatoms. The Morgan fingerprint density at radius 3 is 2.11 bits per heavy atom. The van der Waals surface area contributed by atoms with Crippen LogP contribution in [0, 0.1) is 0 Å². The first-order valence-corrected chi connectivity index (χ1v) is 4.69. The van der Waals surface area contributed by atoms with Crippen molar-refractivity contribution < 1.29 is 13.0 Å². The van der Waals surface area contributed by atoms with Crippen molar-refractivity contribution in [1.82, 2.24) is 0 Å². The molecule has 0 rings (SSSR count). The molecule has 9 heavy (non-hydrogen) atoms. The molecule has 0 aromatic heterocycles. The summed E-state index contributed by atoms with van der Waals surface area (Å²) < 4.78 is 28.2. The van der Waals surface area contributed by atoms with Gasteiger partial charge in [0.2, 0.25) is 0 Å². The lowest BCUT2D eigenvalue weighted by Gasteiger charge is -1.99. The topological polar surface area (TPSA) is 54.4 Å². The van der Waals surface area contributed by atoms with E-state index in [0.717, 1.165) is 0 Å². The van der Waals surface area contributed by atoms with E-state index in [9.17, 15) is 8.42 Å². The molecule has 1 N–H and O–H groups in total. The van der Waals surface area contributed by atoms with Gasteiger partial charge >= 0.3 is 0 Å². The number of alkyl halides is 2. The number of rotatable bonds is 3. The maximum Gasteiger partial charge on any atom is 0.266 e. The number of hydrogen-bond donors (Lipinski definition) is 1. The lowest BCUT2D eigenvalue weighted by Crippen LogP contribution is -2.16. The molecule has 1 unspecified atom stereocenters. The highest BCUT2D eigenvalue weighted by Crippen LogP contribution is 2.01. The van der Waals surface area contributed by atoms with E-state index in [1.807, 2.05) is 0 Å². The van der Waals surface area contributed by atoms with Crippen LogP contribution in [0.3, 0.4) is 0 Å². The Labute approximate surface area is 63.7 Å². The summed E-state index contributed by atoms with van der Waals surface area (Å²) in [4.78, 5) is 0. The summed E-state index contributed by atoms with van der Waals surface area (Å²) in [5.41, 5.74) is 0. The van der Waals surface area contributed by atoms with E-state index in [4.69, 9.17) is 27.8 Å². The van der Waals surface area contributed by atoms with Gasteiger partial charge in [-0.25, -0.2) is 0 Å². The van der Waals surface area contributed by atoms with Crippen LogP contribution in [0.25, 0.3) is 0 Å². The predicted molar refractivity (Wildman–Crippen MR) is 36.8 cm³/mol. The minimum atomic E-state index is -3.95. The maximum atomic E-state index is 10.0. The standard InChI is InChI=1S/C3H6Cl2O3S/c4-1-3(5)2-9(6,7)8/h3H,1-2H2,(H,6,7,8).